The first-order valence-electron chi connectivity index (χ1n) is 10.7. The third kappa shape index (κ3) is 4.48. The first kappa shape index (κ1) is 20.9. The Labute approximate surface area is 191 Å². The van der Waals surface area contributed by atoms with E-state index in [1.165, 1.54) is 6.33 Å². The molecule has 166 valence electrons. The lowest BCUT2D eigenvalue weighted by molar-refractivity contribution is -0.121. The minimum absolute atomic E-state index is 0.0387. The van der Waals surface area contributed by atoms with E-state index in [0.717, 1.165) is 61.5 Å². The Morgan fingerprint density at radius 3 is 2.69 bits per heavy atom. The molecule has 9 heteroatoms. The molecule has 5 rings (SSSR count). The summed E-state index contributed by atoms with van der Waals surface area (Å²) < 4.78 is 11.1. The van der Waals surface area contributed by atoms with Crippen LogP contribution in [0.2, 0.25) is 5.02 Å². The van der Waals surface area contributed by atoms with Gasteiger partial charge in [0.25, 0.3) is 5.91 Å². The standard InChI is InChI=1S/C23H24ClN5O3/c24-16-2-4-17(5-3-16)27-23-18-12-20-21(13-19(18)25-15-26-23)32-14-22(30)29(20)7-1-6-28-8-10-31-11-9-28/h2-5,12-13,15H,1,6-11,14H2,(H,25,26,27). The summed E-state index contributed by atoms with van der Waals surface area (Å²) in [5.41, 5.74) is 2.37. The number of nitrogens with zero attached hydrogens (tertiary/aromatic N) is 4. The maximum atomic E-state index is 12.7. The lowest BCUT2D eigenvalue weighted by Gasteiger charge is -2.31. The van der Waals surface area contributed by atoms with Gasteiger partial charge in [0, 0.05) is 48.3 Å². The fourth-order valence-electron chi connectivity index (χ4n) is 4.04. The highest BCUT2D eigenvalue weighted by atomic mass is 35.5. The van der Waals surface area contributed by atoms with E-state index in [-0.39, 0.29) is 12.5 Å². The van der Waals surface area contributed by atoms with E-state index in [1.54, 1.807) is 0 Å². The fraction of sp³-hybridized carbons (Fsp3) is 0.348. The van der Waals surface area contributed by atoms with Crippen LogP contribution in [0.25, 0.3) is 10.9 Å². The molecule has 1 fully saturated rings. The summed E-state index contributed by atoms with van der Waals surface area (Å²) in [6.45, 7) is 5.03. The van der Waals surface area contributed by atoms with Crippen LogP contribution in [0.5, 0.6) is 5.75 Å². The van der Waals surface area contributed by atoms with Gasteiger partial charge in [-0.25, -0.2) is 9.97 Å². The summed E-state index contributed by atoms with van der Waals surface area (Å²) in [5, 5.41) is 4.81. The third-order valence-corrected chi connectivity index (χ3v) is 5.98. The molecule has 0 saturated carbocycles. The molecule has 1 saturated heterocycles. The quantitative estimate of drug-likeness (QED) is 0.612. The van der Waals surface area contributed by atoms with Gasteiger partial charge in [0.2, 0.25) is 0 Å². The molecule has 0 aliphatic carbocycles. The molecule has 2 aromatic carbocycles. The van der Waals surface area contributed by atoms with E-state index in [2.05, 4.69) is 20.2 Å². The van der Waals surface area contributed by atoms with Crippen molar-refractivity contribution < 1.29 is 14.3 Å². The van der Waals surface area contributed by atoms with E-state index in [0.29, 0.717) is 23.1 Å². The number of ether oxygens (including phenoxy) is 2. The minimum Gasteiger partial charge on any atom is -0.481 e. The second-order valence-corrected chi connectivity index (χ2v) is 8.27. The Hall–Kier alpha value is -2.94. The zero-order valence-corrected chi connectivity index (χ0v) is 18.3. The highest BCUT2D eigenvalue weighted by Crippen LogP contribution is 2.37. The van der Waals surface area contributed by atoms with Gasteiger partial charge in [-0.3, -0.25) is 9.69 Å². The molecule has 1 aromatic heterocycles. The lowest BCUT2D eigenvalue weighted by Crippen LogP contribution is -2.42. The maximum Gasteiger partial charge on any atom is 0.265 e. The smallest absolute Gasteiger partial charge is 0.265 e. The number of carbonyl (C=O) groups excluding carboxylic acids is 1. The van der Waals surface area contributed by atoms with Crippen molar-refractivity contribution in [1.29, 1.82) is 0 Å². The predicted octanol–water partition coefficient (Wildman–Crippen LogP) is 3.47. The van der Waals surface area contributed by atoms with E-state index in [9.17, 15) is 4.79 Å². The van der Waals surface area contributed by atoms with Crippen LogP contribution in [0.15, 0.2) is 42.7 Å². The zero-order valence-electron chi connectivity index (χ0n) is 17.6. The van der Waals surface area contributed by atoms with Crippen molar-refractivity contribution in [3.8, 4) is 5.75 Å². The number of fused-ring (bicyclic) bond motifs is 2. The monoisotopic (exact) mass is 453 g/mol. The second kappa shape index (κ2) is 9.28. The predicted molar refractivity (Wildman–Crippen MR) is 124 cm³/mol. The number of aromatic nitrogens is 2. The van der Waals surface area contributed by atoms with Crippen molar-refractivity contribution in [3.05, 3.63) is 47.7 Å². The number of amides is 1. The topological polar surface area (TPSA) is 79.8 Å². The fourth-order valence-corrected chi connectivity index (χ4v) is 4.17. The Morgan fingerprint density at radius 1 is 1.06 bits per heavy atom. The van der Waals surface area contributed by atoms with Crippen LogP contribution >= 0.6 is 11.6 Å². The maximum absolute atomic E-state index is 12.7. The van der Waals surface area contributed by atoms with Crippen molar-refractivity contribution in [2.45, 2.75) is 6.42 Å². The van der Waals surface area contributed by atoms with E-state index < -0.39 is 0 Å². The number of nitrogens with one attached hydrogen (secondary N) is 1. The number of rotatable bonds is 6. The molecule has 2 aliphatic rings. The summed E-state index contributed by atoms with van der Waals surface area (Å²) in [5.74, 6) is 1.29. The van der Waals surface area contributed by atoms with Crippen LogP contribution in [-0.4, -0.2) is 66.8 Å². The molecule has 2 aliphatic heterocycles. The van der Waals surface area contributed by atoms with Gasteiger partial charge in [0.15, 0.2) is 6.61 Å². The van der Waals surface area contributed by atoms with Crippen LogP contribution in [0, 0.1) is 0 Å². The van der Waals surface area contributed by atoms with E-state index in [1.807, 2.05) is 41.3 Å². The van der Waals surface area contributed by atoms with Crippen molar-refractivity contribution in [1.82, 2.24) is 14.9 Å². The van der Waals surface area contributed by atoms with Gasteiger partial charge in [-0.1, -0.05) is 11.6 Å². The SMILES string of the molecule is O=C1COc2cc3ncnc(Nc4ccc(Cl)cc4)c3cc2N1CCCN1CCOCC1. The van der Waals surface area contributed by atoms with E-state index in [4.69, 9.17) is 21.1 Å². The Morgan fingerprint density at radius 2 is 1.88 bits per heavy atom. The third-order valence-electron chi connectivity index (χ3n) is 5.73. The molecule has 1 amide bonds. The number of carbonyl (C=O) groups is 1. The van der Waals surface area contributed by atoms with Crippen LogP contribution in [0.3, 0.4) is 0 Å². The number of morpholine rings is 1. The van der Waals surface area contributed by atoms with Gasteiger partial charge in [0.1, 0.15) is 17.9 Å². The Bertz CT molecular complexity index is 1120. The number of hydrogen-bond donors (Lipinski definition) is 1. The average Bonchev–Trinajstić information content (AvgIpc) is 2.82. The summed E-state index contributed by atoms with van der Waals surface area (Å²) >= 11 is 6.00. The summed E-state index contributed by atoms with van der Waals surface area (Å²) in [6.07, 6.45) is 2.39. The van der Waals surface area contributed by atoms with Gasteiger partial charge in [-0.15, -0.1) is 0 Å². The molecule has 32 heavy (non-hydrogen) atoms. The highest BCUT2D eigenvalue weighted by molar-refractivity contribution is 6.30. The molecule has 0 bridgehead atoms. The first-order chi connectivity index (χ1) is 15.7. The number of anilines is 3. The normalized spacial score (nSPS) is 16.7. The summed E-state index contributed by atoms with van der Waals surface area (Å²) in [4.78, 5) is 25.7. The van der Waals surface area contributed by atoms with Crippen molar-refractivity contribution in [2.24, 2.45) is 0 Å². The van der Waals surface area contributed by atoms with Crippen LogP contribution in [-0.2, 0) is 9.53 Å². The summed E-state index contributed by atoms with van der Waals surface area (Å²) in [7, 11) is 0. The zero-order chi connectivity index (χ0) is 21.9. The van der Waals surface area contributed by atoms with Crippen LogP contribution < -0.4 is 15.0 Å². The molecule has 0 spiro atoms. The number of benzene rings is 2. The molecule has 0 unspecified atom stereocenters. The van der Waals surface area contributed by atoms with Gasteiger partial charge in [0.05, 0.1) is 24.4 Å². The lowest BCUT2D eigenvalue weighted by atomic mass is 10.1. The van der Waals surface area contributed by atoms with Crippen molar-refractivity contribution >= 4 is 45.6 Å². The Kier molecular flexibility index (Phi) is 6.07. The van der Waals surface area contributed by atoms with Crippen molar-refractivity contribution in [2.75, 3.05) is 56.2 Å². The highest BCUT2D eigenvalue weighted by Gasteiger charge is 2.27. The van der Waals surface area contributed by atoms with Gasteiger partial charge in [-0.2, -0.15) is 0 Å². The molecule has 0 atom stereocenters. The van der Waals surface area contributed by atoms with Crippen molar-refractivity contribution in [3.63, 3.8) is 0 Å². The molecule has 3 aromatic rings. The van der Waals surface area contributed by atoms with Crippen LogP contribution in [0.4, 0.5) is 17.2 Å². The largest absolute Gasteiger partial charge is 0.481 e. The first-order valence-corrected chi connectivity index (χ1v) is 11.1. The molecule has 3 heterocycles. The minimum atomic E-state index is -0.0390. The van der Waals surface area contributed by atoms with Gasteiger partial charge < -0.3 is 19.7 Å². The second-order valence-electron chi connectivity index (χ2n) is 7.83. The Balaban J connectivity index is 1.41. The van der Waals surface area contributed by atoms with Gasteiger partial charge in [-0.05, 0) is 36.8 Å². The van der Waals surface area contributed by atoms with Gasteiger partial charge >= 0.3 is 0 Å². The molecule has 8 nitrogen and oxygen atoms in total. The molecule has 0 radical (unpaired) electrons. The van der Waals surface area contributed by atoms with E-state index >= 15 is 0 Å². The molecular formula is C23H24ClN5O3. The summed E-state index contributed by atoms with van der Waals surface area (Å²) in [6, 6.07) is 11.2. The average molecular weight is 454 g/mol. The molecular weight excluding hydrogens is 430 g/mol. The molecule has 1 N–H and O–H groups in total. The number of hydrogen-bond acceptors (Lipinski definition) is 7. The number of halogens is 1. The van der Waals surface area contributed by atoms with Crippen LogP contribution in [0.1, 0.15) is 6.42 Å².